The van der Waals surface area contributed by atoms with E-state index in [1.807, 2.05) is 6.08 Å². The zero-order valence-corrected chi connectivity index (χ0v) is 42.8. The number of carbonyl (C=O) groups is 1. The van der Waals surface area contributed by atoms with E-state index in [0.29, 0.717) is 6.42 Å². The monoisotopic (exact) mass is 950 g/mol. The van der Waals surface area contributed by atoms with Gasteiger partial charge in [0, 0.05) is 6.42 Å². The first-order chi connectivity index (χ1) is 33.3. The minimum atomic E-state index is -1.58. The third kappa shape index (κ3) is 36.8. The maximum absolute atomic E-state index is 13.0. The van der Waals surface area contributed by atoms with Crippen LogP contribution in [0.2, 0.25) is 0 Å². The van der Waals surface area contributed by atoms with Crippen LogP contribution in [0.5, 0.6) is 0 Å². The van der Waals surface area contributed by atoms with Crippen LogP contribution in [0.1, 0.15) is 200 Å². The van der Waals surface area contributed by atoms with E-state index >= 15 is 0 Å². The fourth-order valence-electron chi connectivity index (χ4n) is 7.82. The second kappa shape index (κ2) is 47.5. The molecule has 0 radical (unpaired) electrons. The average molecular weight is 950 g/mol. The predicted molar refractivity (Wildman–Crippen MR) is 285 cm³/mol. The van der Waals surface area contributed by atoms with E-state index in [4.69, 9.17) is 9.47 Å². The van der Waals surface area contributed by atoms with E-state index in [1.54, 1.807) is 6.08 Å². The molecule has 9 nitrogen and oxygen atoms in total. The smallest absolute Gasteiger partial charge is 0.220 e. The summed E-state index contributed by atoms with van der Waals surface area (Å²) in [5.74, 6) is -0.223. The maximum atomic E-state index is 13.0. The van der Waals surface area contributed by atoms with Gasteiger partial charge in [-0.2, -0.15) is 0 Å². The van der Waals surface area contributed by atoms with Gasteiger partial charge in [0.25, 0.3) is 0 Å². The van der Waals surface area contributed by atoms with Crippen molar-refractivity contribution in [2.24, 2.45) is 0 Å². The van der Waals surface area contributed by atoms with Crippen LogP contribution in [-0.4, -0.2) is 87.5 Å². The second-order valence-electron chi connectivity index (χ2n) is 18.3. The molecule has 0 aromatic heterocycles. The molecule has 0 spiro atoms. The molecule has 1 fully saturated rings. The Morgan fingerprint density at radius 1 is 0.515 bits per heavy atom. The van der Waals surface area contributed by atoms with E-state index < -0.39 is 49.5 Å². The lowest BCUT2D eigenvalue weighted by atomic mass is 9.99. The first kappa shape index (κ1) is 62.9. The quantitative estimate of drug-likeness (QED) is 0.0261. The van der Waals surface area contributed by atoms with Crippen LogP contribution in [0.3, 0.4) is 0 Å². The molecule has 7 unspecified atom stereocenters. The van der Waals surface area contributed by atoms with Crippen molar-refractivity contribution in [2.75, 3.05) is 13.2 Å². The fourth-order valence-corrected chi connectivity index (χ4v) is 7.82. The van der Waals surface area contributed by atoms with Gasteiger partial charge in [0.2, 0.25) is 5.91 Å². The Labute approximate surface area is 415 Å². The summed E-state index contributed by atoms with van der Waals surface area (Å²) in [5.41, 5.74) is 0. The van der Waals surface area contributed by atoms with Gasteiger partial charge in [0.1, 0.15) is 24.4 Å². The molecule has 388 valence electrons. The summed E-state index contributed by atoms with van der Waals surface area (Å²) in [6.45, 7) is 3.63. The number of amides is 1. The summed E-state index contributed by atoms with van der Waals surface area (Å²) in [4.78, 5) is 13.0. The topological polar surface area (TPSA) is 149 Å². The number of nitrogens with one attached hydrogen (secondary N) is 1. The molecule has 1 aliphatic rings. The SMILES string of the molecule is CC/C=C\C/C=C\C/C=C\C/C=C\C/C=C\C/C=C\C/C=C\C/C=C\CCCCC(=O)NC(COC1OC(CO)C(O)C(O)C1O)C(O)/C=C/CCCCCCCCCCCCCCCCCC. The van der Waals surface area contributed by atoms with Crippen molar-refractivity contribution in [1.29, 1.82) is 0 Å². The zero-order valence-electron chi connectivity index (χ0n) is 42.8. The average Bonchev–Trinajstić information content (AvgIpc) is 3.34. The molecule has 68 heavy (non-hydrogen) atoms. The van der Waals surface area contributed by atoms with Crippen molar-refractivity contribution in [3.8, 4) is 0 Å². The molecule has 1 heterocycles. The number of unbranched alkanes of at least 4 members (excludes halogenated alkanes) is 18. The van der Waals surface area contributed by atoms with Gasteiger partial charge >= 0.3 is 0 Å². The van der Waals surface area contributed by atoms with Gasteiger partial charge in [0.05, 0.1) is 25.4 Å². The molecule has 0 aliphatic carbocycles. The number of hydrogen-bond acceptors (Lipinski definition) is 8. The molecule has 0 bridgehead atoms. The summed E-state index contributed by atoms with van der Waals surface area (Å²) < 4.78 is 11.2. The Bertz CT molecular complexity index is 1430. The highest BCUT2D eigenvalue weighted by atomic mass is 16.7. The molecule has 7 atom stereocenters. The Hall–Kier alpha value is -3.15. The summed E-state index contributed by atoms with van der Waals surface area (Å²) in [6, 6.07) is -0.837. The van der Waals surface area contributed by atoms with Crippen LogP contribution in [0.25, 0.3) is 0 Å². The Morgan fingerprint density at radius 2 is 0.912 bits per heavy atom. The van der Waals surface area contributed by atoms with Crippen molar-refractivity contribution < 1.29 is 39.8 Å². The van der Waals surface area contributed by atoms with E-state index in [2.05, 4.69) is 116 Å². The summed E-state index contributed by atoms with van der Waals surface area (Å²) in [7, 11) is 0. The number of hydrogen-bond donors (Lipinski definition) is 6. The highest BCUT2D eigenvalue weighted by Gasteiger charge is 2.44. The highest BCUT2D eigenvalue weighted by Crippen LogP contribution is 2.22. The molecule has 0 aromatic rings. The second-order valence-corrected chi connectivity index (χ2v) is 18.3. The zero-order chi connectivity index (χ0) is 49.4. The van der Waals surface area contributed by atoms with Gasteiger partial charge in [0.15, 0.2) is 6.29 Å². The molecule has 6 N–H and O–H groups in total. The lowest BCUT2D eigenvalue weighted by Crippen LogP contribution is -2.60. The number of rotatable bonds is 44. The van der Waals surface area contributed by atoms with Crippen LogP contribution in [0.15, 0.2) is 109 Å². The van der Waals surface area contributed by atoms with Crippen molar-refractivity contribution >= 4 is 5.91 Å². The fraction of sp³-hybridized carbons (Fsp3) is 0.678. The number of aliphatic hydroxyl groups excluding tert-OH is 5. The summed E-state index contributed by atoms with van der Waals surface area (Å²) in [6.07, 6.45) is 62.8. The molecule has 1 rings (SSSR count). The van der Waals surface area contributed by atoms with Crippen LogP contribution in [0, 0.1) is 0 Å². The predicted octanol–water partition coefficient (Wildman–Crippen LogP) is 13.0. The molecular weight excluding hydrogens is 851 g/mol. The third-order valence-corrected chi connectivity index (χ3v) is 12.1. The molecule has 1 amide bonds. The first-order valence-electron chi connectivity index (χ1n) is 27.1. The molecular formula is C59H99NO8. The third-order valence-electron chi connectivity index (χ3n) is 12.1. The Morgan fingerprint density at radius 3 is 1.35 bits per heavy atom. The number of allylic oxidation sites excluding steroid dienone is 17. The van der Waals surface area contributed by atoms with Crippen molar-refractivity contribution in [3.63, 3.8) is 0 Å². The number of ether oxygens (including phenoxy) is 2. The van der Waals surface area contributed by atoms with Crippen LogP contribution >= 0.6 is 0 Å². The molecule has 1 saturated heterocycles. The van der Waals surface area contributed by atoms with Gasteiger partial charge < -0.3 is 40.3 Å². The number of aliphatic hydroxyl groups is 5. The summed E-state index contributed by atoms with van der Waals surface area (Å²) >= 11 is 0. The van der Waals surface area contributed by atoms with E-state index in [9.17, 15) is 30.3 Å². The van der Waals surface area contributed by atoms with Crippen molar-refractivity contribution in [2.45, 2.75) is 243 Å². The largest absolute Gasteiger partial charge is 0.394 e. The standard InChI is InChI=1S/C59H99NO8/c1-3-5-7-9-11-13-15-17-19-21-23-24-25-26-27-28-29-30-31-33-35-37-39-41-43-45-47-49-55(63)60-52(51-67-59-58(66)57(65)56(64)54(50-61)68-59)53(62)48-46-44-42-40-38-36-34-32-22-20-18-16-14-12-10-8-6-4-2/h5,7,11,13,17,19,23-24,26-27,29-30,33,35,39,41,46,48,52-54,56-59,61-62,64-66H,3-4,6,8-10,12,14-16,18,20-22,25,28,31-32,34,36-38,40,42-45,47,49-51H2,1-2H3,(H,60,63)/b7-5-,13-11-,19-17-,24-23-,27-26-,30-29-,35-33-,41-39-,48-46+. The molecule has 9 heteroatoms. The van der Waals surface area contributed by atoms with E-state index in [0.717, 1.165) is 83.5 Å². The Balaban J connectivity index is 2.33. The molecule has 0 saturated carbocycles. The van der Waals surface area contributed by atoms with Gasteiger partial charge in [-0.1, -0.05) is 220 Å². The summed E-state index contributed by atoms with van der Waals surface area (Å²) in [5, 5.41) is 54.4. The minimum Gasteiger partial charge on any atom is -0.394 e. The van der Waals surface area contributed by atoms with Gasteiger partial charge in [-0.25, -0.2) is 0 Å². The van der Waals surface area contributed by atoms with Gasteiger partial charge in [-0.05, 0) is 83.5 Å². The van der Waals surface area contributed by atoms with Gasteiger partial charge in [-0.3, -0.25) is 4.79 Å². The van der Waals surface area contributed by atoms with E-state index in [1.165, 1.54) is 89.9 Å². The number of carbonyl (C=O) groups excluding carboxylic acids is 1. The van der Waals surface area contributed by atoms with E-state index in [-0.39, 0.29) is 18.9 Å². The van der Waals surface area contributed by atoms with Crippen LogP contribution in [-0.2, 0) is 14.3 Å². The molecule has 0 aromatic carbocycles. The first-order valence-corrected chi connectivity index (χ1v) is 27.1. The lowest BCUT2D eigenvalue weighted by Gasteiger charge is -2.40. The van der Waals surface area contributed by atoms with Crippen LogP contribution in [0.4, 0.5) is 0 Å². The van der Waals surface area contributed by atoms with Crippen molar-refractivity contribution in [1.82, 2.24) is 5.32 Å². The highest BCUT2D eigenvalue weighted by molar-refractivity contribution is 5.76. The lowest BCUT2D eigenvalue weighted by molar-refractivity contribution is -0.302. The maximum Gasteiger partial charge on any atom is 0.220 e. The van der Waals surface area contributed by atoms with Gasteiger partial charge in [-0.15, -0.1) is 0 Å². The minimum absolute atomic E-state index is 0.213. The Kier molecular flexibility index (Phi) is 43.9. The molecule has 1 aliphatic heterocycles. The van der Waals surface area contributed by atoms with Crippen molar-refractivity contribution in [3.05, 3.63) is 109 Å². The van der Waals surface area contributed by atoms with Crippen LogP contribution < -0.4 is 5.32 Å². The normalized spacial score (nSPS) is 20.5.